The smallest absolute Gasteiger partial charge is 0.308 e. The van der Waals surface area contributed by atoms with Gasteiger partial charge in [0.15, 0.2) is 5.11 Å². The first-order valence-corrected chi connectivity index (χ1v) is 11.2. The van der Waals surface area contributed by atoms with Gasteiger partial charge in [-0.3, -0.25) is 19.7 Å². The van der Waals surface area contributed by atoms with Gasteiger partial charge in [-0.15, -0.1) is 0 Å². The molecule has 7 nitrogen and oxygen atoms in total. The van der Waals surface area contributed by atoms with E-state index >= 15 is 0 Å². The molecule has 8 heteroatoms. The van der Waals surface area contributed by atoms with Crippen molar-refractivity contribution in [3.8, 4) is 0 Å². The maximum atomic E-state index is 12.4. The van der Waals surface area contributed by atoms with Crippen LogP contribution in [0.4, 0.5) is 0 Å². The Morgan fingerprint density at radius 2 is 1.94 bits per heavy atom. The number of aryl methyl sites for hydroxylation is 1. The van der Waals surface area contributed by atoms with Crippen molar-refractivity contribution >= 4 is 41.2 Å². The Balaban J connectivity index is 1.56. The first-order chi connectivity index (χ1) is 14.9. The van der Waals surface area contributed by atoms with Crippen LogP contribution >= 0.6 is 12.2 Å². The third kappa shape index (κ3) is 6.89. The highest BCUT2D eigenvalue weighted by Crippen LogP contribution is 2.21. The lowest BCUT2D eigenvalue weighted by atomic mass is 9.98. The van der Waals surface area contributed by atoms with Crippen LogP contribution in [0.3, 0.4) is 0 Å². The zero-order valence-electron chi connectivity index (χ0n) is 17.8. The lowest BCUT2D eigenvalue weighted by Gasteiger charge is -2.36. The van der Waals surface area contributed by atoms with Crippen molar-refractivity contribution in [1.29, 1.82) is 0 Å². The normalized spacial score (nSPS) is 19.7. The van der Waals surface area contributed by atoms with Crippen LogP contribution in [0.2, 0.25) is 0 Å². The number of hydrogen-bond acceptors (Lipinski definition) is 5. The average molecular weight is 444 g/mol. The molecule has 1 aliphatic heterocycles. The van der Waals surface area contributed by atoms with E-state index in [0.717, 1.165) is 36.8 Å². The third-order valence-corrected chi connectivity index (χ3v) is 5.87. The lowest BCUT2D eigenvalue weighted by Crippen LogP contribution is -2.60. The second-order valence-corrected chi connectivity index (χ2v) is 8.38. The average Bonchev–Trinajstić information content (AvgIpc) is 2.75. The van der Waals surface area contributed by atoms with Gasteiger partial charge in [0.2, 0.25) is 11.8 Å². The number of nitrogens with one attached hydrogen (secondary N) is 2. The standard InChI is InChI=1S/C23H29N3O4S/c1-16-7-9-17(10-8-16)11-12-20(27)25-23(31)26-14-13-24-22(29)19(26)15-21(28)30-18-5-3-2-4-6-18/h7-12,18-19H,2-6,13-15H2,1H3,(H,24,29)(H,25,27,31)/b12-11+. The van der Waals surface area contributed by atoms with E-state index in [-0.39, 0.29) is 29.5 Å². The van der Waals surface area contributed by atoms with Crippen molar-refractivity contribution in [2.75, 3.05) is 13.1 Å². The molecule has 1 saturated carbocycles. The Morgan fingerprint density at radius 1 is 1.23 bits per heavy atom. The molecule has 166 valence electrons. The van der Waals surface area contributed by atoms with Crippen molar-refractivity contribution in [2.45, 2.75) is 57.6 Å². The van der Waals surface area contributed by atoms with Crippen LogP contribution in [0, 0.1) is 6.92 Å². The number of nitrogens with zero attached hydrogens (tertiary/aromatic N) is 1. The Kier molecular flexibility index (Phi) is 8.17. The highest BCUT2D eigenvalue weighted by molar-refractivity contribution is 7.80. The van der Waals surface area contributed by atoms with Gasteiger partial charge in [0.05, 0.1) is 6.42 Å². The van der Waals surface area contributed by atoms with Crippen LogP contribution in [0.5, 0.6) is 0 Å². The van der Waals surface area contributed by atoms with E-state index in [2.05, 4.69) is 10.6 Å². The SMILES string of the molecule is Cc1ccc(/C=C/C(=O)NC(=S)N2CCNC(=O)C2CC(=O)OC2CCCCC2)cc1. The molecule has 1 heterocycles. The van der Waals surface area contributed by atoms with Crippen LogP contribution in [0.1, 0.15) is 49.7 Å². The molecule has 2 fully saturated rings. The molecular weight excluding hydrogens is 414 g/mol. The summed E-state index contributed by atoms with van der Waals surface area (Å²) in [6.45, 7) is 2.80. The molecule has 2 amide bonds. The van der Waals surface area contributed by atoms with Gasteiger partial charge in [-0.05, 0) is 56.5 Å². The molecular formula is C23H29N3O4S. The van der Waals surface area contributed by atoms with Gasteiger partial charge in [-0.2, -0.15) is 0 Å². The summed E-state index contributed by atoms with van der Waals surface area (Å²) in [5.74, 6) is -1.09. The monoisotopic (exact) mass is 443 g/mol. The topological polar surface area (TPSA) is 87.7 Å². The Hall–Kier alpha value is -2.74. The quantitative estimate of drug-likeness (QED) is 0.413. The predicted octanol–water partition coefficient (Wildman–Crippen LogP) is 2.48. The molecule has 1 aromatic carbocycles. The molecule has 31 heavy (non-hydrogen) atoms. The Labute approximate surface area is 188 Å². The fraction of sp³-hybridized carbons (Fsp3) is 0.478. The molecule has 2 aliphatic rings. The van der Waals surface area contributed by atoms with E-state index < -0.39 is 12.0 Å². The number of ether oxygens (including phenoxy) is 1. The van der Waals surface area contributed by atoms with Crippen molar-refractivity contribution < 1.29 is 19.1 Å². The molecule has 1 atom stereocenters. The summed E-state index contributed by atoms with van der Waals surface area (Å²) in [6.07, 6.45) is 7.94. The minimum atomic E-state index is -0.793. The number of benzene rings is 1. The molecule has 1 aromatic rings. The van der Waals surface area contributed by atoms with Crippen LogP contribution in [0.25, 0.3) is 6.08 Å². The van der Waals surface area contributed by atoms with Gasteiger partial charge in [-0.25, -0.2) is 0 Å². The zero-order valence-corrected chi connectivity index (χ0v) is 18.6. The summed E-state index contributed by atoms with van der Waals surface area (Å²) >= 11 is 5.37. The number of hydrogen-bond donors (Lipinski definition) is 2. The number of esters is 1. The first-order valence-electron chi connectivity index (χ1n) is 10.8. The van der Waals surface area contributed by atoms with E-state index in [1.165, 1.54) is 12.5 Å². The fourth-order valence-electron chi connectivity index (χ4n) is 3.80. The minimum absolute atomic E-state index is 0.0695. The molecule has 0 bridgehead atoms. The van der Waals surface area contributed by atoms with Gasteiger partial charge in [-0.1, -0.05) is 36.2 Å². The Morgan fingerprint density at radius 3 is 2.65 bits per heavy atom. The summed E-state index contributed by atoms with van der Waals surface area (Å²) in [4.78, 5) is 38.7. The van der Waals surface area contributed by atoms with Crippen molar-refractivity contribution in [2.24, 2.45) is 0 Å². The van der Waals surface area contributed by atoms with Crippen LogP contribution in [-0.4, -0.2) is 53.0 Å². The van der Waals surface area contributed by atoms with E-state index in [1.54, 1.807) is 11.0 Å². The minimum Gasteiger partial charge on any atom is -0.462 e. The number of carbonyl (C=O) groups is 3. The first kappa shape index (κ1) is 22.9. The second kappa shape index (κ2) is 11.0. The summed E-state index contributed by atoms with van der Waals surface area (Å²) in [6, 6.07) is 6.97. The van der Waals surface area contributed by atoms with Crippen molar-refractivity contribution in [3.05, 3.63) is 41.5 Å². The zero-order chi connectivity index (χ0) is 22.2. The van der Waals surface area contributed by atoms with E-state index in [4.69, 9.17) is 17.0 Å². The van der Waals surface area contributed by atoms with Gasteiger partial charge < -0.3 is 15.0 Å². The van der Waals surface area contributed by atoms with Crippen molar-refractivity contribution in [1.82, 2.24) is 15.5 Å². The molecule has 0 radical (unpaired) electrons. The molecule has 2 N–H and O–H groups in total. The van der Waals surface area contributed by atoms with Crippen molar-refractivity contribution in [3.63, 3.8) is 0 Å². The second-order valence-electron chi connectivity index (χ2n) is 7.99. The van der Waals surface area contributed by atoms with Crippen LogP contribution in [0.15, 0.2) is 30.3 Å². The van der Waals surface area contributed by atoms with E-state index in [9.17, 15) is 14.4 Å². The maximum Gasteiger partial charge on any atom is 0.308 e. The van der Waals surface area contributed by atoms with E-state index in [1.807, 2.05) is 31.2 Å². The summed E-state index contributed by atoms with van der Waals surface area (Å²) in [5.41, 5.74) is 2.03. The van der Waals surface area contributed by atoms with Gasteiger partial charge in [0.25, 0.3) is 0 Å². The highest BCUT2D eigenvalue weighted by atomic mass is 32.1. The van der Waals surface area contributed by atoms with Crippen LogP contribution in [-0.2, 0) is 19.1 Å². The lowest BCUT2D eigenvalue weighted by molar-refractivity contribution is -0.153. The molecule has 1 aliphatic carbocycles. The number of rotatable bonds is 5. The molecule has 3 rings (SSSR count). The molecule has 0 spiro atoms. The van der Waals surface area contributed by atoms with Gasteiger partial charge in [0, 0.05) is 19.2 Å². The fourth-order valence-corrected chi connectivity index (χ4v) is 4.12. The summed E-state index contributed by atoms with van der Waals surface area (Å²) in [5, 5.41) is 5.52. The number of piperazine rings is 1. The highest BCUT2D eigenvalue weighted by Gasteiger charge is 2.34. The molecule has 1 unspecified atom stereocenters. The molecule has 0 aromatic heterocycles. The number of amides is 2. The molecule has 1 saturated heterocycles. The maximum absolute atomic E-state index is 12.4. The van der Waals surface area contributed by atoms with Crippen LogP contribution < -0.4 is 10.6 Å². The third-order valence-electron chi connectivity index (χ3n) is 5.54. The number of thiocarbonyl (C=S) groups is 1. The van der Waals surface area contributed by atoms with E-state index in [0.29, 0.717) is 13.1 Å². The van der Waals surface area contributed by atoms with Gasteiger partial charge >= 0.3 is 5.97 Å². The Bertz CT molecular complexity index is 847. The predicted molar refractivity (Wildman–Crippen MR) is 122 cm³/mol. The number of carbonyl (C=O) groups excluding carboxylic acids is 3. The van der Waals surface area contributed by atoms with Gasteiger partial charge in [0.1, 0.15) is 12.1 Å². The largest absolute Gasteiger partial charge is 0.462 e. The summed E-state index contributed by atoms with van der Waals surface area (Å²) < 4.78 is 5.56. The summed E-state index contributed by atoms with van der Waals surface area (Å²) in [7, 11) is 0.